The molecule has 0 radical (unpaired) electrons. The van der Waals surface area contributed by atoms with Crippen LogP contribution in [-0.4, -0.2) is 33.5 Å². The molecule has 1 aliphatic rings. The minimum atomic E-state index is -0.890. The Balaban J connectivity index is 1.65. The number of hydrogen-bond acceptors (Lipinski definition) is 5. The Morgan fingerprint density at radius 2 is 1.70 bits per heavy atom. The first-order chi connectivity index (χ1) is 15.9. The smallest absolute Gasteiger partial charge is 0.131 e. The summed E-state index contributed by atoms with van der Waals surface area (Å²) in [6.45, 7) is 6.81. The lowest BCUT2D eigenvalue weighted by Gasteiger charge is -2.26. The summed E-state index contributed by atoms with van der Waals surface area (Å²) in [6, 6.07) is 19.5. The number of allylic oxidation sites excluding steroid dienone is 1. The average molecular weight is 442 g/mol. The average Bonchev–Trinajstić information content (AvgIpc) is 2.84. The number of rotatable bonds is 7. The fourth-order valence-electron chi connectivity index (χ4n) is 4.03. The molecule has 2 heterocycles. The zero-order chi connectivity index (χ0) is 23.4. The highest BCUT2D eigenvalue weighted by Crippen LogP contribution is 2.30. The quantitative estimate of drug-likeness (QED) is 0.462. The van der Waals surface area contributed by atoms with Crippen molar-refractivity contribution in [3.8, 4) is 11.1 Å². The second kappa shape index (κ2) is 10.2. The number of aromatic nitrogens is 1. The lowest BCUT2D eigenvalue weighted by Crippen LogP contribution is -2.37. The molecule has 1 aliphatic heterocycles. The van der Waals surface area contributed by atoms with Crippen molar-refractivity contribution in [1.29, 1.82) is 0 Å². The molecule has 0 bridgehead atoms. The van der Waals surface area contributed by atoms with Crippen molar-refractivity contribution in [2.24, 2.45) is 10.9 Å². The van der Waals surface area contributed by atoms with Crippen molar-refractivity contribution in [3.63, 3.8) is 0 Å². The van der Waals surface area contributed by atoms with Gasteiger partial charge < -0.3 is 10.2 Å². The summed E-state index contributed by atoms with van der Waals surface area (Å²) < 4.78 is 0. The van der Waals surface area contributed by atoms with Gasteiger partial charge in [-0.1, -0.05) is 42.0 Å². The third-order valence-electron chi connectivity index (χ3n) is 6.16. The Bertz CT molecular complexity index is 1140. The lowest BCUT2D eigenvalue weighted by atomic mass is 9.94. The second-order valence-electron chi connectivity index (χ2n) is 8.77. The van der Waals surface area contributed by atoms with Crippen molar-refractivity contribution >= 4 is 5.71 Å². The predicted molar refractivity (Wildman–Crippen MR) is 133 cm³/mol. The van der Waals surface area contributed by atoms with Crippen molar-refractivity contribution in [2.75, 3.05) is 6.54 Å². The summed E-state index contributed by atoms with van der Waals surface area (Å²) in [5.74, 6) is 0.210. The minimum absolute atomic E-state index is 0.0281. The van der Waals surface area contributed by atoms with Gasteiger partial charge in [0, 0.05) is 30.4 Å². The molecule has 3 N–H and O–H groups in total. The van der Waals surface area contributed by atoms with Gasteiger partial charge in [0.25, 0.3) is 0 Å². The number of dihydropyridines is 1. The largest absolute Gasteiger partial charge is 0.382 e. The predicted octanol–water partition coefficient (Wildman–Crippen LogP) is 4.75. The van der Waals surface area contributed by atoms with E-state index in [4.69, 9.17) is 0 Å². The zero-order valence-corrected chi connectivity index (χ0v) is 19.3. The van der Waals surface area contributed by atoms with Crippen molar-refractivity contribution < 1.29 is 10.2 Å². The number of nitrogens with one attached hydrogen (secondary N) is 1. The first kappa shape index (κ1) is 23.1. The van der Waals surface area contributed by atoms with Crippen LogP contribution in [0.15, 0.2) is 84.0 Å². The highest BCUT2D eigenvalue weighted by Gasteiger charge is 2.22. The third kappa shape index (κ3) is 5.63. The topological polar surface area (TPSA) is 77.7 Å². The molecule has 3 unspecified atom stereocenters. The van der Waals surface area contributed by atoms with E-state index in [1.165, 1.54) is 5.56 Å². The molecule has 5 heteroatoms. The number of pyridine rings is 1. The van der Waals surface area contributed by atoms with Gasteiger partial charge in [0.05, 0.1) is 5.69 Å². The molecule has 2 aromatic carbocycles. The Kier molecular flexibility index (Phi) is 7.14. The van der Waals surface area contributed by atoms with Crippen LogP contribution in [0.3, 0.4) is 0 Å². The standard InChI is InChI=1S/C28H31N3O2/c1-18-7-10-21(11-8-18)23-14-24(27(32)26-6-4-5-13-29-26)16-25(15-23)28(33)31-20(3)22-12-9-19(2)30-17-22/h4-16,20,22,27-28,31-33H,17H2,1-3H3/t20-,22?,27?,28?/m1/s1. The van der Waals surface area contributed by atoms with Gasteiger partial charge in [0.15, 0.2) is 0 Å². The van der Waals surface area contributed by atoms with Gasteiger partial charge in [-0.15, -0.1) is 0 Å². The summed E-state index contributed by atoms with van der Waals surface area (Å²) in [7, 11) is 0. The molecule has 1 aromatic heterocycles. The number of aliphatic hydroxyl groups is 2. The van der Waals surface area contributed by atoms with Gasteiger partial charge in [-0.05, 0) is 79.4 Å². The Morgan fingerprint density at radius 1 is 0.939 bits per heavy atom. The van der Waals surface area contributed by atoms with Crippen molar-refractivity contribution in [1.82, 2.24) is 10.3 Å². The summed E-state index contributed by atoms with van der Waals surface area (Å²) in [5, 5.41) is 25.4. The number of hydrogen-bond donors (Lipinski definition) is 3. The first-order valence-corrected chi connectivity index (χ1v) is 11.3. The highest BCUT2D eigenvalue weighted by atomic mass is 16.3. The molecule has 0 spiro atoms. The van der Waals surface area contributed by atoms with Gasteiger partial charge in [0.1, 0.15) is 12.3 Å². The molecule has 0 saturated heterocycles. The maximum Gasteiger partial charge on any atom is 0.131 e. The summed E-state index contributed by atoms with van der Waals surface area (Å²) in [4.78, 5) is 8.82. The Morgan fingerprint density at radius 3 is 2.36 bits per heavy atom. The molecule has 0 aliphatic carbocycles. The maximum atomic E-state index is 11.1. The van der Waals surface area contributed by atoms with E-state index in [9.17, 15) is 10.2 Å². The van der Waals surface area contributed by atoms with E-state index >= 15 is 0 Å². The van der Waals surface area contributed by atoms with Gasteiger partial charge in [-0.25, -0.2) is 0 Å². The van der Waals surface area contributed by atoms with Crippen molar-refractivity contribution in [3.05, 3.63) is 101 Å². The van der Waals surface area contributed by atoms with E-state index in [0.717, 1.165) is 16.8 Å². The van der Waals surface area contributed by atoms with Crippen LogP contribution < -0.4 is 5.32 Å². The van der Waals surface area contributed by atoms with E-state index < -0.39 is 12.3 Å². The molecule has 33 heavy (non-hydrogen) atoms. The van der Waals surface area contributed by atoms with Crippen LogP contribution in [0.4, 0.5) is 0 Å². The van der Waals surface area contributed by atoms with Crippen molar-refractivity contribution in [2.45, 2.75) is 39.1 Å². The fourth-order valence-corrected chi connectivity index (χ4v) is 4.03. The van der Waals surface area contributed by atoms with E-state index in [1.54, 1.807) is 12.3 Å². The zero-order valence-electron chi connectivity index (χ0n) is 19.3. The molecular weight excluding hydrogens is 410 g/mol. The molecule has 3 aromatic rings. The number of aliphatic hydroxyl groups excluding tert-OH is 2. The van der Waals surface area contributed by atoms with Crippen LogP contribution >= 0.6 is 0 Å². The van der Waals surface area contributed by atoms with Crippen LogP contribution in [0.25, 0.3) is 11.1 Å². The summed E-state index contributed by atoms with van der Waals surface area (Å²) >= 11 is 0. The first-order valence-electron chi connectivity index (χ1n) is 11.3. The summed E-state index contributed by atoms with van der Waals surface area (Å²) in [6.07, 6.45) is 4.06. The monoisotopic (exact) mass is 441 g/mol. The van der Waals surface area contributed by atoms with Gasteiger partial charge in [0.2, 0.25) is 0 Å². The summed E-state index contributed by atoms with van der Waals surface area (Å²) in [5.41, 5.74) is 6.12. The molecule has 5 nitrogen and oxygen atoms in total. The Hall–Kier alpha value is -3.12. The Labute approximate surface area is 195 Å². The number of aryl methyl sites for hydroxylation is 1. The van der Waals surface area contributed by atoms with E-state index in [2.05, 4.69) is 59.5 Å². The molecule has 0 saturated carbocycles. The number of benzene rings is 2. The molecule has 4 atom stereocenters. The van der Waals surface area contributed by atoms with E-state index in [-0.39, 0.29) is 12.0 Å². The SMILES string of the molecule is CC1=NCC([C@@H](C)NC(O)c2cc(-c3ccc(C)cc3)cc(C(O)c3ccccn3)c2)C=C1. The normalized spacial score (nSPS) is 18.5. The second-order valence-corrected chi connectivity index (χ2v) is 8.77. The fraction of sp³-hybridized carbons (Fsp3) is 0.286. The van der Waals surface area contributed by atoms with Crippen LogP contribution in [0, 0.1) is 12.8 Å². The molecule has 0 fully saturated rings. The van der Waals surface area contributed by atoms with Gasteiger partial charge >= 0.3 is 0 Å². The third-order valence-corrected chi connectivity index (χ3v) is 6.16. The molecule has 170 valence electrons. The minimum Gasteiger partial charge on any atom is -0.382 e. The number of aliphatic imine (C=N–C) groups is 1. The van der Waals surface area contributed by atoms with Crippen LogP contribution in [0.1, 0.15) is 48.6 Å². The van der Waals surface area contributed by atoms with E-state index in [0.29, 0.717) is 23.4 Å². The lowest BCUT2D eigenvalue weighted by molar-refractivity contribution is 0.118. The maximum absolute atomic E-state index is 11.1. The van der Waals surface area contributed by atoms with Crippen LogP contribution in [0.5, 0.6) is 0 Å². The van der Waals surface area contributed by atoms with Crippen LogP contribution in [0.2, 0.25) is 0 Å². The van der Waals surface area contributed by atoms with Gasteiger partial charge in [-0.3, -0.25) is 15.3 Å². The number of nitrogens with zero attached hydrogens (tertiary/aromatic N) is 2. The molecule has 4 rings (SSSR count). The van der Waals surface area contributed by atoms with E-state index in [1.807, 2.05) is 43.3 Å². The van der Waals surface area contributed by atoms with Crippen LogP contribution in [-0.2, 0) is 0 Å². The highest BCUT2D eigenvalue weighted by molar-refractivity contribution is 5.93. The molecular formula is C28H31N3O2. The van der Waals surface area contributed by atoms with Gasteiger partial charge in [-0.2, -0.15) is 0 Å². The molecule has 0 amide bonds.